The average molecular weight is 196 g/mol. The molecule has 0 atom stereocenters. The third kappa shape index (κ3) is 2.25. The van der Waals surface area contributed by atoms with Crippen LogP contribution in [0, 0.1) is 6.92 Å². The van der Waals surface area contributed by atoms with Crippen molar-refractivity contribution < 1.29 is 0 Å². The molecule has 2 rings (SSSR count). The SMILES string of the molecule is Cc1ccc(-c2ccc(C[NH])cc2)cc1. The van der Waals surface area contributed by atoms with E-state index in [-0.39, 0.29) is 0 Å². The van der Waals surface area contributed by atoms with Crippen molar-refractivity contribution in [1.29, 1.82) is 0 Å². The Labute approximate surface area is 90.6 Å². The maximum absolute atomic E-state index is 7.25. The molecule has 0 aliphatic carbocycles. The zero-order chi connectivity index (χ0) is 10.7. The molecule has 0 fully saturated rings. The molecule has 1 nitrogen and oxygen atoms in total. The Morgan fingerprint density at radius 1 is 0.800 bits per heavy atom. The van der Waals surface area contributed by atoms with E-state index in [0.29, 0.717) is 6.54 Å². The number of hydrogen-bond donors (Lipinski definition) is 0. The third-order valence-corrected chi connectivity index (χ3v) is 2.54. The highest BCUT2D eigenvalue weighted by Gasteiger charge is 1.96. The predicted molar refractivity (Wildman–Crippen MR) is 63.4 cm³/mol. The first-order valence-corrected chi connectivity index (χ1v) is 5.10. The Bertz CT molecular complexity index is 426. The molecule has 75 valence electrons. The Morgan fingerprint density at radius 2 is 1.27 bits per heavy atom. The van der Waals surface area contributed by atoms with E-state index >= 15 is 0 Å². The molecule has 2 aromatic rings. The van der Waals surface area contributed by atoms with Crippen molar-refractivity contribution in [2.24, 2.45) is 0 Å². The predicted octanol–water partition coefficient (Wildman–Crippen LogP) is 3.44. The molecule has 0 saturated heterocycles. The summed E-state index contributed by atoms with van der Waals surface area (Å²) in [4.78, 5) is 0. The van der Waals surface area contributed by atoms with Gasteiger partial charge in [0, 0.05) is 6.54 Å². The normalized spacial score (nSPS) is 10.3. The van der Waals surface area contributed by atoms with Gasteiger partial charge in [0.05, 0.1) is 0 Å². The lowest BCUT2D eigenvalue weighted by atomic mass is 10.0. The summed E-state index contributed by atoms with van der Waals surface area (Å²) < 4.78 is 0. The lowest BCUT2D eigenvalue weighted by molar-refractivity contribution is 1.03. The van der Waals surface area contributed by atoms with Gasteiger partial charge in [0.15, 0.2) is 0 Å². The molecule has 0 amide bonds. The summed E-state index contributed by atoms with van der Waals surface area (Å²) in [7, 11) is 0. The summed E-state index contributed by atoms with van der Waals surface area (Å²) in [5.74, 6) is 0. The highest BCUT2D eigenvalue weighted by Crippen LogP contribution is 2.20. The topological polar surface area (TPSA) is 23.8 Å². The molecular formula is C14H14N. The molecule has 0 unspecified atom stereocenters. The second-order valence-electron chi connectivity index (χ2n) is 3.74. The molecule has 0 saturated carbocycles. The van der Waals surface area contributed by atoms with E-state index in [4.69, 9.17) is 5.73 Å². The monoisotopic (exact) mass is 196 g/mol. The zero-order valence-corrected chi connectivity index (χ0v) is 8.83. The highest BCUT2D eigenvalue weighted by molar-refractivity contribution is 5.63. The van der Waals surface area contributed by atoms with Crippen LogP contribution in [0.25, 0.3) is 11.1 Å². The van der Waals surface area contributed by atoms with Crippen LogP contribution < -0.4 is 5.73 Å². The van der Waals surface area contributed by atoms with Gasteiger partial charge in [0.2, 0.25) is 0 Å². The molecular weight excluding hydrogens is 182 g/mol. The van der Waals surface area contributed by atoms with Gasteiger partial charge in [-0.2, -0.15) is 0 Å². The van der Waals surface area contributed by atoms with E-state index in [0.717, 1.165) is 5.56 Å². The molecule has 0 heterocycles. The van der Waals surface area contributed by atoms with E-state index in [1.807, 2.05) is 12.1 Å². The molecule has 0 bridgehead atoms. The van der Waals surface area contributed by atoms with Crippen LogP contribution in [0.2, 0.25) is 0 Å². The fourth-order valence-corrected chi connectivity index (χ4v) is 1.56. The number of hydrogen-bond acceptors (Lipinski definition) is 0. The molecule has 0 aromatic heterocycles. The molecule has 0 aliphatic heterocycles. The first kappa shape index (κ1) is 9.94. The minimum Gasteiger partial charge on any atom is -0.253 e. The van der Waals surface area contributed by atoms with Crippen molar-refractivity contribution in [2.45, 2.75) is 13.5 Å². The fraction of sp³-hybridized carbons (Fsp3) is 0.143. The highest BCUT2D eigenvalue weighted by atomic mass is 14.5. The number of benzene rings is 2. The molecule has 2 aromatic carbocycles. The minimum absolute atomic E-state index is 0.355. The maximum Gasteiger partial charge on any atom is 0.0351 e. The Morgan fingerprint density at radius 3 is 1.73 bits per heavy atom. The van der Waals surface area contributed by atoms with Crippen molar-refractivity contribution in [3.8, 4) is 11.1 Å². The van der Waals surface area contributed by atoms with Gasteiger partial charge in [0.1, 0.15) is 0 Å². The van der Waals surface area contributed by atoms with E-state index in [1.54, 1.807) is 0 Å². The van der Waals surface area contributed by atoms with E-state index in [1.165, 1.54) is 16.7 Å². The number of nitrogens with one attached hydrogen (secondary N) is 1. The first-order chi connectivity index (χ1) is 7.29. The second-order valence-corrected chi connectivity index (χ2v) is 3.74. The van der Waals surface area contributed by atoms with Crippen molar-refractivity contribution in [2.75, 3.05) is 0 Å². The summed E-state index contributed by atoms with van der Waals surface area (Å²) in [6.45, 7) is 2.45. The molecule has 15 heavy (non-hydrogen) atoms. The summed E-state index contributed by atoms with van der Waals surface area (Å²) in [5.41, 5.74) is 12.0. The van der Waals surface area contributed by atoms with Crippen molar-refractivity contribution in [3.05, 3.63) is 59.7 Å². The van der Waals surface area contributed by atoms with E-state index in [2.05, 4.69) is 43.3 Å². The third-order valence-electron chi connectivity index (χ3n) is 2.54. The average Bonchev–Trinajstić information content (AvgIpc) is 2.30. The molecule has 0 spiro atoms. The lowest BCUT2D eigenvalue weighted by Gasteiger charge is -2.03. The summed E-state index contributed by atoms with van der Waals surface area (Å²) in [6.07, 6.45) is 0. The standard InChI is InChI=1S/C14H14N/c1-11-2-6-13(7-3-11)14-8-4-12(10-15)5-9-14/h2-9,15H,10H2,1H3. The second kappa shape index (κ2) is 4.28. The van der Waals surface area contributed by atoms with Gasteiger partial charge in [0.25, 0.3) is 0 Å². The largest absolute Gasteiger partial charge is 0.253 e. The Hall–Kier alpha value is -1.60. The minimum atomic E-state index is 0.355. The van der Waals surface area contributed by atoms with Crippen LogP contribution in [-0.2, 0) is 6.54 Å². The molecule has 0 aliphatic rings. The maximum atomic E-state index is 7.25. The van der Waals surface area contributed by atoms with Crippen LogP contribution in [0.3, 0.4) is 0 Å². The van der Waals surface area contributed by atoms with Gasteiger partial charge in [-0.3, -0.25) is 5.73 Å². The Kier molecular flexibility index (Phi) is 2.84. The van der Waals surface area contributed by atoms with Gasteiger partial charge in [-0.25, -0.2) is 0 Å². The van der Waals surface area contributed by atoms with Crippen molar-refractivity contribution >= 4 is 0 Å². The van der Waals surface area contributed by atoms with E-state index in [9.17, 15) is 0 Å². The first-order valence-electron chi connectivity index (χ1n) is 5.10. The zero-order valence-electron chi connectivity index (χ0n) is 8.83. The van der Waals surface area contributed by atoms with Gasteiger partial charge in [-0.15, -0.1) is 0 Å². The van der Waals surface area contributed by atoms with Crippen LogP contribution >= 0.6 is 0 Å². The quantitative estimate of drug-likeness (QED) is 0.702. The van der Waals surface area contributed by atoms with Gasteiger partial charge in [-0.1, -0.05) is 54.1 Å². The van der Waals surface area contributed by atoms with Gasteiger partial charge < -0.3 is 0 Å². The van der Waals surface area contributed by atoms with Crippen LogP contribution in [0.4, 0.5) is 0 Å². The van der Waals surface area contributed by atoms with E-state index < -0.39 is 0 Å². The van der Waals surface area contributed by atoms with Crippen LogP contribution in [0.5, 0.6) is 0 Å². The molecule has 1 N–H and O–H groups in total. The van der Waals surface area contributed by atoms with Crippen LogP contribution in [0.15, 0.2) is 48.5 Å². The molecule has 1 heteroatoms. The van der Waals surface area contributed by atoms with Gasteiger partial charge in [-0.05, 0) is 23.6 Å². The van der Waals surface area contributed by atoms with Crippen molar-refractivity contribution in [1.82, 2.24) is 5.73 Å². The number of rotatable bonds is 2. The smallest absolute Gasteiger partial charge is 0.0351 e. The fourth-order valence-electron chi connectivity index (χ4n) is 1.56. The van der Waals surface area contributed by atoms with Crippen LogP contribution in [-0.4, -0.2) is 0 Å². The van der Waals surface area contributed by atoms with Gasteiger partial charge >= 0.3 is 0 Å². The Balaban J connectivity index is 2.33. The summed E-state index contributed by atoms with van der Waals surface area (Å²) in [5, 5.41) is 0. The lowest BCUT2D eigenvalue weighted by Crippen LogP contribution is -1.84. The van der Waals surface area contributed by atoms with Crippen LogP contribution in [0.1, 0.15) is 11.1 Å². The summed E-state index contributed by atoms with van der Waals surface area (Å²) in [6, 6.07) is 16.7. The molecule has 1 radical (unpaired) electrons. The number of aryl methyl sites for hydroxylation is 1. The van der Waals surface area contributed by atoms with Crippen molar-refractivity contribution in [3.63, 3.8) is 0 Å². The summed E-state index contributed by atoms with van der Waals surface area (Å²) >= 11 is 0.